The van der Waals surface area contributed by atoms with Gasteiger partial charge < -0.3 is 5.32 Å². The summed E-state index contributed by atoms with van der Waals surface area (Å²) >= 11 is 13.3. The number of halogens is 3. The number of hydrogen-bond donors (Lipinski definition) is 1. The van der Waals surface area contributed by atoms with Gasteiger partial charge in [-0.2, -0.15) is 0 Å². The third-order valence-electron chi connectivity index (χ3n) is 3.37. The predicted molar refractivity (Wildman–Crippen MR) is 93.5 cm³/mol. The second-order valence-corrected chi connectivity index (χ2v) is 6.97. The van der Waals surface area contributed by atoms with E-state index in [1.165, 1.54) is 11.1 Å². The Bertz CT molecular complexity index is 613. The summed E-state index contributed by atoms with van der Waals surface area (Å²) in [5.74, 6) is 0. The Hall–Kier alpha value is -0.350. The number of nitrogens with one attached hydrogen (secondary N) is 1. The summed E-state index contributed by atoms with van der Waals surface area (Å²) in [5.41, 5.74) is 3.66. The fourth-order valence-corrected chi connectivity index (χ4v) is 3.18. The van der Waals surface area contributed by atoms with Crippen LogP contribution in [0, 0.1) is 6.92 Å². The maximum absolute atomic E-state index is 6.31. The van der Waals surface area contributed by atoms with Gasteiger partial charge in [0.15, 0.2) is 0 Å². The monoisotopic (exact) mass is 415 g/mol. The van der Waals surface area contributed by atoms with E-state index >= 15 is 0 Å². The van der Waals surface area contributed by atoms with Gasteiger partial charge in [0.2, 0.25) is 0 Å². The first-order valence-corrected chi connectivity index (χ1v) is 8.35. The maximum atomic E-state index is 6.31. The van der Waals surface area contributed by atoms with Crippen LogP contribution in [0.1, 0.15) is 22.7 Å². The molecule has 0 radical (unpaired) electrons. The molecule has 1 unspecified atom stereocenters. The van der Waals surface area contributed by atoms with Gasteiger partial charge in [-0.3, -0.25) is 0 Å². The number of aryl methyl sites for hydroxylation is 1. The van der Waals surface area contributed by atoms with Crippen molar-refractivity contribution in [3.8, 4) is 0 Å². The number of hydrogen-bond acceptors (Lipinski definition) is 1. The lowest BCUT2D eigenvalue weighted by atomic mass is 9.98. The molecule has 1 atom stereocenters. The fraction of sp³-hybridized carbons (Fsp3) is 0.250. The maximum Gasteiger partial charge on any atom is 0.0449 e. The molecule has 0 heterocycles. The molecule has 0 aromatic heterocycles. The van der Waals surface area contributed by atoms with E-state index in [-0.39, 0.29) is 6.04 Å². The summed E-state index contributed by atoms with van der Waals surface area (Å²) in [6.07, 6.45) is 0.865. The van der Waals surface area contributed by atoms with Crippen LogP contribution in [0.3, 0.4) is 0 Å². The van der Waals surface area contributed by atoms with Crippen molar-refractivity contribution in [3.05, 3.63) is 67.1 Å². The Morgan fingerprint density at radius 3 is 2.50 bits per heavy atom. The van der Waals surface area contributed by atoms with E-state index < -0.39 is 0 Å². The van der Waals surface area contributed by atoms with Gasteiger partial charge in [0, 0.05) is 20.0 Å². The van der Waals surface area contributed by atoms with Crippen LogP contribution in [-0.4, -0.2) is 7.05 Å². The van der Waals surface area contributed by atoms with E-state index in [0.29, 0.717) is 0 Å². The Balaban J connectivity index is 2.26. The lowest BCUT2D eigenvalue weighted by molar-refractivity contribution is 0.591. The van der Waals surface area contributed by atoms with Gasteiger partial charge >= 0.3 is 0 Å². The van der Waals surface area contributed by atoms with Gasteiger partial charge in [0.1, 0.15) is 0 Å². The molecule has 0 fully saturated rings. The highest BCUT2D eigenvalue weighted by molar-refractivity contribution is 9.10. The first kappa shape index (κ1) is 16.0. The summed E-state index contributed by atoms with van der Waals surface area (Å²) in [6, 6.07) is 12.7. The average Bonchev–Trinajstić information content (AvgIpc) is 2.41. The van der Waals surface area contributed by atoms with Crippen LogP contribution in [0.5, 0.6) is 0 Å². The van der Waals surface area contributed by atoms with Gasteiger partial charge in [-0.05, 0) is 55.3 Å². The van der Waals surface area contributed by atoms with Crippen LogP contribution in [0.15, 0.2) is 45.3 Å². The molecule has 1 N–H and O–H groups in total. The summed E-state index contributed by atoms with van der Waals surface area (Å²) in [7, 11) is 1.98. The third kappa shape index (κ3) is 3.85. The highest BCUT2D eigenvalue weighted by atomic mass is 79.9. The van der Waals surface area contributed by atoms with Crippen LogP contribution < -0.4 is 5.32 Å². The molecular weight excluding hydrogens is 401 g/mol. The third-order valence-corrected chi connectivity index (χ3v) is 5.11. The molecule has 1 nitrogen and oxygen atoms in total. The molecule has 0 saturated heterocycles. The van der Waals surface area contributed by atoms with E-state index in [2.05, 4.69) is 68.4 Å². The molecule has 2 aromatic rings. The van der Waals surface area contributed by atoms with E-state index in [0.717, 1.165) is 26.0 Å². The lowest BCUT2D eigenvalue weighted by Crippen LogP contribution is -2.19. The van der Waals surface area contributed by atoms with Gasteiger partial charge in [0.05, 0.1) is 0 Å². The average molecular weight is 418 g/mol. The molecule has 2 aromatic carbocycles. The molecule has 0 amide bonds. The van der Waals surface area contributed by atoms with Crippen molar-refractivity contribution in [1.29, 1.82) is 0 Å². The van der Waals surface area contributed by atoms with Crippen LogP contribution in [0.2, 0.25) is 5.02 Å². The molecule has 0 saturated carbocycles. The largest absolute Gasteiger partial charge is 0.313 e. The molecule has 0 aliphatic carbocycles. The fourth-order valence-electron chi connectivity index (χ4n) is 2.18. The zero-order chi connectivity index (χ0) is 14.7. The van der Waals surface area contributed by atoms with Crippen molar-refractivity contribution in [2.45, 2.75) is 19.4 Å². The van der Waals surface area contributed by atoms with Crippen LogP contribution >= 0.6 is 43.5 Å². The summed E-state index contributed by atoms with van der Waals surface area (Å²) in [6.45, 7) is 2.10. The predicted octanol–water partition coefficient (Wildman–Crippen LogP) is 5.68. The Morgan fingerprint density at radius 1 is 1.15 bits per heavy atom. The molecule has 2 rings (SSSR count). The zero-order valence-corrected chi connectivity index (χ0v) is 15.3. The quantitative estimate of drug-likeness (QED) is 0.675. The molecule has 0 aliphatic heterocycles. The lowest BCUT2D eigenvalue weighted by Gasteiger charge is -2.18. The second-order valence-electron chi connectivity index (χ2n) is 4.79. The topological polar surface area (TPSA) is 12.0 Å². The first-order chi connectivity index (χ1) is 9.51. The van der Waals surface area contributed by atoms with Crippen molar-refractivity contribution in [1.82, 2.24) is 5.32 Å². The summed E-state index contributed by atoms with van der Waals surface area (Å²) < 4.78 is 2.14. The van der Waals surface area contributed by atoms with E-state index in [9.17, 15) is 0 Å². The van der Waals surface area contributed by atoms with Crippen LogP contribution in [0.4, 0.5) is 0 Å². The summed E-state index contributed by atoms with van der Waals surface area (Å²) in [5, 5.41) is 4.17. The standard InChI is InChI=1S/C16H16Br2ClN/c1-10-7-12(4-6-14(10)18)16(20-2)8-11-3-5-13(17)9-15(11)19/h3-7,9,16,20H,8H2,1-2H3. The first-order valence-electron chi connectivity index (χ1n) is 6.38. The molecule has 20 heavy (non-hydrogen) atoms. The van der Waals surface area contributed by atoms with Gasteiger partial charge in [-0.1, -0.05) is 61.7 Å². The number of likely N-dealkylation sites (N-methyl/N-ethyl adjacent to an activating group) is 1. The van der Waals surface area contributed by atoms with Crippen LogP contribution in [-0.2, 0) is 6.42 Å². The second kappa shape index (κ2) is 7.08. The minimum atomic E-state index is 0.250. The van der Waals surface area contributed by atoms with E-state index in [1.54, 1.807) is 0 Å². The van der Waals surface area contributed by atoms with Crippen LogP contribution in [0.25, 0.3) is 0 Å². The minimum absolute atomic E-state index is 0.250. The highest BCUT2D eigenvalue weighted by Gasteiger charge is 2.13. The van der Waals surface area contributed by atoms with Crippen molar-refractivity contribution in [2.24, 2.45) is 0 Å². The molecule has 106 valence electrons. The molecule has 0 aliphatic rings. The Kier molecular flexibility index (Phi) is 5.67. The smallest absolute Gasteiger partial charge is 0.0449 e. The van der Waals surface area contributed by atoms with Gasteiger partial charge in [0.25, 0.3) is 0 Å². The molecular formula is C16H16Br2ClN. The van der Waals surface area contributed by atoms with E-state index in [1.807, 2.05) is 19.2 Å². The SMILES string of the molecule is CNC(Cc1ccc(Br)cc1Cl)c1ccc(Br)c(C)c1. The zero-order valence-electron chi connectivity index (χ0n) is 11.4. The molecule has 0 bridgehead atoms. The molecule has 0 spiro atoms. The number of benzene rings is 2. The highest BCUT2D eigenvalue weighted by Crippen LogP contribution is 2.28. The number of rotatable bonds is 4. The Labute approximate surface area is 142 Å². The van der Waals surface area contributed by atoms with Gasteiger partial charge in [-0.25, -0.2) is 0 Å². The van der Waals surface area contributed by atoms with Crippen molar-refractivity contribution >= 4 is 43.5 Å². The molecule has 4 heteroatoms. The van der Waals surface area contributed by atoms with Crippen molar-refractivity contribution < 1.29 is 0 Å². The normalized spacial score (nSPS) is 12.4. The van der Waals surface area contributed by atoms with Gasteiger partial charge in [-0.15, -0.1) is 0 Å². The minimum Gasteiger partial charge on any atom is -0.313 e. The Morgan fingerprint density at radius 2 is 1.90 bits per heavy atom. The van der Waals surface area contributed by atoms with Crippen molar-refractivity contribution in [3.63, 3.8) is 0 Å². The summed E-state index contributed by atoms with van der Waals surface area (Å²) in [4.78, 5) is 0. The van der Waals surface area contributed by atoms with E-state index in [4.69, 9.17) is 11.6 Å². The van der Waals surface area contributed by atoms with Crippen molar-refractivity contribution in [2.75, 3.05) is 7.05 Å².